The van der Waals surface area contributed by atoms with Crippen LogP contribution in [0.25, 0.3) is 22.3 Å². The van der Waals surface area contributed by atoms with Crippen molar-refractivity contribution < 1.29 is 18.9 Å². The second kappa shape index (κ2) is 29.7. The summed E-state index contributed by atoms with van der Waals surface area (Å²) in [6.45, 7) is 11.9. The molecule has 78 heavy (non-hydrogen) atoms. The summed E-state index contributed by atoms with van der Waals surface area (Å²) in [6, 6.07) is 52.5. The molecule has 0 aromatic heterocycles. The molecule has 0 spiro atoms. The lowest BCUT2D eigenvalue weighted by molar-refractivity contribution is 0.214. The van der Waals surface area contributed by atoms with Gasteiger partial charge >= 0.3 is 0 Å². The number of allylic oxidation sites excluding steroid dienone is 2. The Morgan fingerprint density at radius 3 is 1.12 bits per heavy atom. The summed E-state index contributed by atoms with van der Waals surface area (Å²) in [6.07, 6.45) is 16.9. The van der Waals surface area contributed by atoms with E-state index in [2.05, 4.69) is 193 Å². The normalized spacial score (nSPS) is 16.2. The van der Waals surface area contributed by atoms with Gasteiger partial charge in [-0.25, -0.2) is 0 Å². The molecule has 2 saturated heterocycles. The van der Waals surface area contributed by atoms with E-state index in [1.54, 1.807) is 0 Å². The summed E-state index contributed by atoms with van der Waals surface area (Å²) in [5, 5.41) is 0. The molecule has 0 amide bonds. The molecule has 0 radical (unpaired) electrons. The van der Waals surface area contributed by atoms with Gasteiger partial charge in [0.25, 0.3) is 0 Å². The van der Waals surface area contributed by atoms with E-state index in [4.69, 9.17) is 18.9 Å². The number of likely N-dealkylation sites (tertiary alicyclic amines) is 2. The van der Waals surface area contributed by atoms with Gasteiger partial charge in [-0.2, -0.15) is 0 Å². The Hall–Kier alpha value is -6.16. The van der Waals surface area contributed by atoms with Gasteiger partial charge in [-0.05, 0) is 234 Å². The minimum atomic E-state index is 0.732. The maximum Gasteiger partial charge on any atom is 0.119 e. The van der Waals surface area contributed by atoms with Crippen molar-refractivity contribution in [1.82, 2.24) is 19.6 Å². The minimum absolute atomic E-state index is 0.732. The average Bonchev–Trinajstić information content (AvgIpc) is 4.04. The zero-order valence-corrected chi connectivity index (χ0v) is 47.7. The van der Waals surface area contributed by atoms with Crippen molar-refractivity contribution in [3.63, 3.8) is 0 Å². The summed E-state index contributed by atoms with van der Waals surface area (Å²) in [7, 11) is 8.38. The first kappa shape index (κ1) is 56.6. The summed E-state index contributed by atoms with van der Waals surface area (Å²) in [4.78, 5) is 9.51. The lowest BCUT2D eigenvalue weighted by Gasteiger charge is -2.26. The molecule has 412 valence electrons. The molecule has 8 heteroatoms. The smallest absolute Gasteiger partial charge is 0.119 e. The van der Waals surface area contributed by atoms with E-state index in [1.807, 2.05) is 0 Å². The minimum Gasteiger partial charge on any atom is -0.494 e. The fourth-order valence-electron chi connectivity index (χ4n) is 11.7. The van der Waals surface area contributed by atoms with E-state index in [9.17, 15) is 0 Å². The van der Waals surface area contributed by atoms with Gasteiger partial charge in [0.1, 0.15) is 36.2 Å². The van der Waals surface area contributed by atoms with E-state index in [1.165, 1.54) is 144 Å². The number of ether oxygens (including phenoxy) is 4. The predicted molar refractivity (Wildman–Crippen MR) is 325 cm³/mol. The van der Waals surface area contributed by atoms with Crippen LogP contribution in [-0.2, 0) is 12.8 Å². The number of fused-ring (bicyclic) bond motifs is 2. The molecule has 4 aliphatic rings. The largest absolute Gasteiger partial charge is 0.494 e. The fourth-order valence-corrected chi connectivity index (χ4v) is 11.7. The summed E-state index contributed by atoms with van der Waals surface area (Å²) >= 11 is 0. The third-order valence-electron chi connectivity index (χ3n) is 15.9. The van der Waals surface area contributed by atoms with Gasteiger partial charge in [0.15, 0.2) is 0 Å². The van der Waals surface area contributed by atoms with Crippen LogP contribution in [0.2, 0.25) is 0 Å². The molecular formula is C70H88N4O4. The molecule has 2 fully saturated rings. The molecular weight excluding hydrogens is 961 g/mol. The molecule has 10 rings (SSSR count). The van der Waals surface area contributed by atoms with Crippen LogP contribution in [0, 0.1) is 0 Å². The first-order chi connectivity index (χ1) is 38.3. The highest BCUT2D eigenvalue weighted by Crippen LogP contribution is 2.44. The first-order valence-corrected chi connectivity index (χ1v) is 29.6. The molecule has 6 aromatic carbocycles. The Balaban J connectivity index is 0.000000192. The molecule has 0 unspecified atom stereocenters. The summed E-state index contributed by atoms with van der Waals surface area (Å²) in [5.41, 5.74) is 16.0. The lowest BCUT2D eigenvalue weighted by Crippen LogP contribution is -2.29. The number of rotatable bonds is 22. The van der Waals surface area contributed by atoms with E-state index < -0.39 is 0 Å². The summed E-state index contributed by atoms with van der Waals surface area (Å²) in [5.74, 6) is 3.85. The highest BCUT2D eigenvalue weighted by molar-refractivity contribution is 6.02. The molecule has 0 atom stereocenters. The van der Waals surface area contributed by atoms with Crippen molar-refractivity contribution in [3.8, 4) is 23.0 Å². The van der Waals surface area contributed by atoms with Crippen LogP contribution in [0.1, 0.15) is 122 Å². The van der Waals surface area contributed by atoms with Gasteiger partial charge < -0.3 is 28.7 Å². The molecule has 0 N–H and O–H groups in total. The van der Waals surface area contributed by atoms with Crippen LogP contribution < -0.4 is 18.9 Å². The molecule has 2 aliphatic heterocycles. The Morgan fingerprint density at radius 1 is 0.359 bits per heavy atom. The van der Waals surface area contributed by atoms with Crippen molar-refractivity contribution in [1.29, 1.82) is 0 Å². The van der Waals surface area contributed by atoms with E-state index in [0.717, 1.165) is 114 Å². The van der Waals surface area contributed by atoms with Gasteiger partial charge in [-0.15, -0.1) is 0 Å². The van der Waals surface area contributed by atoms with Gasteiger partial charge in [0, 0.05) is 26.2 Å². The van der Waals surface area contributed by atoms with Crippen molar-refractivity contribution in [2.24, 2.45) is 0 Å². The standard InChI is InChI=1S/C38H48N2O2.C32H40N2O2/c1-2-9-23-39(22-8-1)26-28-41-34-17-14-32(15-18-34)38-36(31-12-6-5-7-13-31)20-16-33-30-35(19-21-37(33)38)42-29-27-40-24-10-3-4-11-25-40;1-33(2)20-8-22-35-28-15-12-26(13-16-28)32-30(25-10-6-5-7-11-25)18-14-27-24-29(17-19-31(27)32)36-23-9-21-34(3)4/h5-7,12-15,17-19,21,30H,1-4,8-11,16,20,22-29H2;5-7,10-13,15-17,19,24H,8-9,14,18,20-23H2,1-4H3. The van der Waals surface area contributed by atoms with Crippen molar-refractivity contribution in [3.05, 3.63) is 190 Å². The van der Waals surface area contributed by atoms with Crippen molar-refractivity contribution in [2.45, 2.75) is 89.9 Å². The van der Waals surface area contributed by atoms with Crippen molar-refractivity contribution >= 4 is 22.3 Å². The molecule has 8 nitrogen and oxygen atoms in total. The lowest BCUT2D eigenvalue weighted by atomic mass is 9.79. The first-order valence-electron chi connectivity index (χ1n) is 29.6. The van der Waals surface area contributed by atoms with E-state index >= 15 is 0 Å². The predicted octanol–water partition coefficient (Wildman–Crippen LogP) is 14.4. The van der Waals surface area contributed by atoms with Crippen LogP contribution in [-0.4, -0.2) is 127 Å². The molecule has 0 saturated carbocycles. The summed E-state index contributed by atoms with van der Waals surface area (Å²) < 4.78 is 24.6. The Morgan fingerprint density at radius 2 is 0.718 bits per heavy atom. The zero-order valence-electron chi connectivity index (χ0n) is 47.7. The maximum atomic E-state index is 6.29. The highest BCUT2D eigenvalue weighted by atomic mass is 16.5. The fraction of sp³-hybridized carbons (Fsp3) is 0.429. The van der Waals surface area contributed by atoms with Crippen LogP contribution in [0.5, 0.6) is 23.0 Å². The second-order valence-corrected chi connectivity index (χ2v) is 22.3. The number of aryl methyl sites for hydroxylation is 2. The second-order valence-electron chi connectivity index (χ2n) is 22.3. The number of benzene rings is 6. The molecule has 2 heterocycles. The maximum absolute atomic E-state index is 6.29. The monoisotopic (exact) mass is 1050 g/mol. The zero-order chi connectivity index (χ0) is 53.7. The third kappa shape index (κ3) is 16.5. The molecule has 0 bridgehead atoms. The van der Waals surface area contributed by atoms with Gasteiger partial charge in [0.2, 0.25) is 0 Å². The Labute approximate surface area is 468 Å². The van der Waals surface area contributed by atoms with Crippen LogP contribution >= 0.6 is 0 Å². The van der Waals surface area contributed by atoms with Gasteiger partial charge in [-0.3, -0.25) is 9.80 Å². The van der Waals surface area contributed by atoms with E-state index in [-0.39, 0.29) is 0 Å². The molecule has 6 aromatic rings. The van der Waals surface area contributed by atoms with Crippen LogP contribution in [0.15, 0.2) is 146 Å². The van der Waals surface area contributed by atoms with Crippen LogP contribution in [0.3, 0.4) is 0 Å². The SMILES string of the molecule is CN(C)CCCOc1ccc(C2=C(c3ccccc3)CCc3cc(OCCCN(C)C)ccc32)cc1.c1ccc(C2=C(c3ccc(OCCN4CCCCCC4)cc3)c3ccc(OCCN4CCCCCC4)cc3CC2)cc1. The van der Waals surface area contributed by atoms with Crippen molar-refractivity contribution in [2.75, 3.05) is 107 Å². The Bertz CT molecular complexity index is 2810. The Kier molecular flexibility index (Phi) is 21.5. The average molecular weight is 1050 g/mol. The quantitative estimate of drug-likeness (QED) is 0.0624. The number of hydrogen-bond donors (Lipinski definition) is 0. The third-order valence-corrected chi connectivity index (χ3v) is 15.9. The van der Waals surface area contributed by atoms with Crippen LogP contribution in [0.4, 0.5) is 0 Å². The number of hydrogen-bond acceptors (Lipinski definition) is 8. The highest BCUT2D eigenvalue weighted by Gasteiger charge is 2.24. The van der Waals surface area contributed by atoms with E-state index in [0.29, 0.717) is 0 Å². The van der Waals surface area contributed by atoms with Gasteiger partial charge in [-0.1, -0.05) is 123 Å². The topological polar surface area (TPSA) is 49.9 Å². The molecule has 2 aliphatic carbocycles. The van der Waals surface area contributed by atoms with Gasteiger partial charge in [0.05, 0.1) is 13.2 Å². The number of nitrogens with zero attached hydrogens (tertiary/aromatic N) is 4.